The van der Waals surface area contributed by atoms with E-state index in [4.69, 9.17) is 0 Å². The van der Waals surface area contributed by atoms with Gasteiger partial charge in [0.1, 0.15) is 6.67 Å². The van der Waals surface area contributed by atoms with E-state index >= 15 is 0 Å². The number of rotatable bonds is 3. The van der Waals surface area contributed by atoms with Gasteiger partial charge in [0.2, 0.25) is 5.75 Å². The monoisotopic (exact) mass is 241 g/mol. The lowest BCUT2D eigenvalue weighted by Gasteiger charge is -2.12. The van der Waals surface area contributed by atoms with Gasteiger partial charge in [-0.05, 0) is 0 Å². The Balaban J connectivity index is 3.16. The van der Waals surface area contributed by atoms with Crippen molar-refractivity contribution in [2.75, 3.05) is 7.11 Å². The van der Waals surface area contributed by atoms with Crippen molar-refractivity contribution in [3.05, 3.63) is 11.8 Å². The van der Waals surface area contributed by atoms with Crippen LogP contribution in [0.3, 0.4) is 0 Å². The molecule has 1 aromatic heterocycles. The number of hydrogen-bond donors (Lipinski definition) is 1. The molecule has 0 saturated heterocycles. The third-order valence-electron chi connectivity index (χ3n) is 1.53. The van der Waals surface area contributed by atoms with E-state index in [-0.39, 0.29) is 5.69 Å². The minimum absolute atomic E-state index is 0.339. The van der Waals surface area contributed by atoms with Crippen molar-refractivity contribution in [3.63, 3.8) is 0 Å². The molecule has 0 spiro atoms. The van der Waals surface area contributed by atoms with Crippen LogP contribution >= 0.6 is 0 Å². The zero-order valence-electron chi connectivity index (χ0n) is 8.01. The molecule has 1 heterocycles. The molecule has 16 heavy (non-hydrogen) atoms. The Morgan fingerprint density at radius 3 is 2.50 bits per heavy atom. The predicted octanol–water partition coefficient (Wildman–Crippen LogP) is 2.16. The molecule has 0 radical (unpaired) electrons. The number of ether oxygens (including phenoxy) is 2. The van der Waals surface area contributed by atoms with Crippen LogP contribution in [0.5, 0.6) is 17.4 Å². The van der Waals surface area contributed by atoms with Gasteiger partial charge in [-0.25, -0.2) is 9.37 Å². The molecule has 0 amide bonds. The summed E-state index contributed by atoms with van der Waals surface area (Å²) in [5, 5.41) is 9.24. The Bertz CT molecular complexity index is 380. The van der Waals surface area contributed by atoms with E-state index in [0.29, 0.717) is 6.07 Å². The van der Waals surface area contributed by atoms with Crippen molar-refractivity contribution in [1.82, 2.24) is 4.98 Å². The second kappa shape index (κ2) is 4.42. The van der Waals surface area contributed by atoms with Gasteiger partial charge in [-0.15, -0.1) is 13.2 Å². The van der Waals surface area contributed by atoms with E-state index in [9.17, 15) is 22.7 Å². The van der Waals surface area contributed by atoms with Crippen LogP contribution in [0, 0.1) is 0 Å². The van der Waals surface area contributed by atoms with Crippen LogP contribution in [-0.4, -0.2) is 23.6 Å². The van der Waals surface area contributed by atoms with Crippen LogP contribution in [-0.2, 0) is 6.67 Å². The summed E-state index contributed by atoms with van der Waals surface area (Å²) in [7, 11) is 1.07. The molecule has 90 valence electrons. The third kappa shape index (κ3) is 2.88. The molecule has 0 aliphatic carbocycles. The molecular formula is C8H7F4NO3. The van der Waals surface area contributed by atoms with Gasteiger partial charge >= 0.3 is 6.36 Å². The Labute approximate surface area is 87.4 Å². The zero-order valence-corrected chi connectivity index (χ0v) is 8.01. The summed E-state index contributed by atoms with van der Waals surface area (Å²) in [6.07, 6.45) is -4.99. The average molecular weight is 241 g/mol. The molecule has 8 heteroatoms. The van der Waals surface area contributed by atoms with Crippen LogP contribution in [0.4, 0.5) is 17.6 Å². The van der Waals surface area contributed by atoms with Gasteiger partial charge in [-0.3, -0.25) is 0 Å². The van der Waals surface area contributed by atoms with Crippen molar-refractivity contribution in [3.8, 4) is 17.4 Å². The molecule has 1 rings (SSSR count). The van der Waals surface area contributed by atoms with Crippen molar-refractivity contribution in [2.24, 2.45) is 0 Å². The van der Waals surface area contributed by atoms with Crippen LogP contribution in [0.2, 0.25) is 0 Å². The number of nitrogens with zero attached hydrogens (tertiary/aromatic N) is 1. The molecular weight excluding hydrogens is 234 g/mol. The first-order valence-electron chi connectivity index (χ1n) is 3.96. The largest absolute Gasteiger partial charge is 0.573 e. The molecule has 0 aromatic carbocycles. The van der Waals surface area contributed by atoms with E-state index in [2.05, 4.69) is 14.5 Å². The van der Waals surface area contributed by atoms with Crippen LogP contribution < -0.4 is 9.47 Å². The maximum absolute atomic E-state index is 12.2. The lowest BCUT2D eigenvalue weighted by molar-refractivity contribution is -0.275. The second-order valence-corrected chi connectivity index (χ2v) is 2.65. The number of pyridine rings is 1. The average Bonchev–Trinajstić information content (AvgIpc) is 2.19. The van der Waals surface area contributed by atoms with Gasteiger partial charge in [0.05, 0.1) is 12.8 Å². The molecule has 0 saturated carbocycles. The lowest BCUT2D eigenvalue weighted by Crippen LogP contribution is -2.17. The predicted molar refractivity (Wildman–Crippen MR) is 43.9 cm³/mol. The van der Waals surface area contributed by atoms with E-state index in [1.807, 2.05) is 0 Å². The summed E-state index contributed by atoms with van der Waals surface area (Å²) in [4.78, 5) is 3.41. The third-order valence-corrected chi connectivity index (χ3v) is 1.53. The summed E-state index contributed by atoms with van der Waals surface area (Å²) in [5.41, 5.74) is -0.339. The maximum atomic E-state index is 12.2. The summed E-state index contributed by atoms with van der Waals surface area (Å²) < 4.78 is 55.9. The minimum atomic E-state index is -4.99. The highest BCUT2D eigenvalue weighted by Crippen LogP contribution is 2.37. The van der Waals surface area contributed by atoms with Gasteiger partial charge in [0, 0.05) is 6.07 Å². The van der Waals surface area contributed by atoms with Crippen LogP contribution in [0.15, 0.2) is 6.07 Å². The highest BCUT2D eigenvalue weighted by Gasteiger charge is 2.33. The first-order valence-corrected chi connectivity index (χ1v) is 3.96. The summed E-state index contributed by atoms with van der Waals surface area (Å²) >= 11 is 0. The van der Waals surface area contributed by atoms with Crippen molar-refractivity contribution in [1.29, 1.82) is 0 Å². The Hall–Kier alpha value is -1.73. The fourth-order valence-corrected chi connectivity index (χ4v) is 0.954. The van der Waals surface area contributed by atoms with Crippen molar-refractivity contribution >= 4 is 0 Å². The van der Waals surface area contributed by atoms with E-state index in [1.165, 1.54) is 0 Å². The highest BCUT2D eigenvalue weighted by atomic mass is 19.4. The summed E-state index contributed by atoms with van der Waals surface area (Å²) in [6.45, 7) is -1.11. The Morgan fingerprint density at radius 1 is 1.44 bits per heavy atom. The quantitative estimate of drug-likeness (QED) is 0.824. The number of aromatic hydroxyl groups is 1. The molecule has 1 N–H and O–H groups in total. The SMILES string of the molecule is COc1nc(CF)cc(OC(F)(F)F)c1O. The summed E-state index contributed by atoms with van der Waals surface area (Å²) in [6, 6.07) is 0.644. The van der Waals surface area contributed by atoms with E-state index in [0.717, 1.165) is 7.11 Å². The minimum Gasteiger partial charge on any atom is -0.501 e. The molecule has 4 nitrogen and oxygen atoms in total. The van der Waals surface area contributed by atoms with Gasteiger partial charge in [-0.2, -0.15) is 0 Å². The second-order valence-electron chi connectivity index (χ2n) is 2.65. The van der Waals surface area contributed by atoms with Crippen LogP contribution in [0.25, 0.3) is 0 Å². The maximum Gasteiger partial charge on any atom is 0.573 e. The number of methoxy groups -OCH3 is 1. The van der Waals surface area contributed by atoms with Crippen LogP contribution in [0.1, 0.15) is 5.69 Å². The number of halogens is 4. The molecule has 0 fully saturated rings. The molecule has 1 aromatic rings. The number of aromatic nitrogens is 1. The summed E-state index contributed by atoms with van der Waals surface area (Å²) in [5.74, 6) is -2.42. The Morgan fingerprint density at radius 2 is 2.06 bits per heavy atom. The van der Waals surface area contributed by atoms with Gasteiger partial charge in [-0.1, -0.05) is 0 Å². The fraction of sp³-hybridized carbons (Fsp3) is 0.375. The molecule has 0 unspecified atom stereocenters. The van der Waals surface area contributed by atoms with Crippen molar-refractivity contribution < 1.29 is 32.1 Å². The standard InChI is InChI=1S/C8H7F4NO3/c1-15-7-6(14)5(16-8(10,11)12)2-4(3-9)13-7/h2,14H,3H2,1H3. The number of alkyl halides is 4. The molecule has 0 bridgehead atoms. The lowest BCUT2D eigenvalue weighted by atomic mass is 10.3. The molecule has 0 aliphatic rings. The first kappa shape index (κ1) is 12.3. The van der Waals surface area contributed by atoms with Crippen molar-refractivity contribution in [2.45, 2.75) is 13.0 Å². The normalized spacial score (nSPS) is 11.3. The fourth-order valence-electron chi connectivity index (χ4n) is 0.954. The smallest absolute Gasteiger partial charge is 0.501 e. The van der Waals surface area contributed by atoms with E-state index in [1.54, 1.807) is 0 Å². The highest BCUT2D eigenvalue weighted by molar-refractivity contribution is 5.47. The first-order chi connectivity index (χ1) is 7.37. The zero-order chi connectivity index (χ0) is 12.3. The molecule has 0 atom stereocenters. The molecule has 0 aliphatic heterocycles. The Kier molecular flexibility index (Phi) is 3.41. The van der Waals surface area contributed by atoms with Gasteiger partial charge in [0.25, 0.3) is 5.88 Å². The van der Waals surface area contributed by atoms with Gasteiger partial charge < -0.3 is 14.6 Å². The topological polar surface area (TPSA) is 51.6 Å². The van der Waals surface area contributed by atoms with Gasteiger partial charge in [0.15, 0.2) is 5.75 Å². The number of hydrogen-bond acceptors (Lipinski definition) is 4. The van der Waals surface area contributed by atoms with E-state index < -0.39 is 30.4 Å².